The molecule has 1 aliphatic rings. The fourth-order valence-corrected chi connectivity index (χ4v) is 2.94. The van der Waals surface area contributed by atoms with Gasteiger partial charge in [-0.2, -0.15) is 0 Å². The molecule has 1 aromatic heterocycles. The van der Waals surface area contributed by atoms with E-state index in [-0.39, 0.29) is 5.82 Å². The largest absolute Gasteiger partial charge is 0.501 e. The first kappa shape index (κ1) is 25.7. The number of nitrogens with two attached hydrogens (primary N) is 1. The van der Waals surface area contributed by atoms with E-state index in [1.807, 2.05) is 0 Å². The fraction of sp³-hybridized carbons (Fsp3) is 0.333. The third kappa shape index (κ3) is 6.46. The Morgan fingerprint density at radius 2 is 1.85 bits per heavy atom. The maximum absolute atomic E-state index is 12.1. The molecule has 1 aliphatic heterocycles. The maximum atomic E-state index is 12.1. The number of fused-ring (bicyclic) bond motifs is 1. The van der Waals surface area contributed by atoms with Crippen molar-refractivity contribution in [3.05, 3.63) is 48.5 Å². The van der Waals surface area contributed by atoms with Crippen LogP contribution >= 0.6 is 23.2 Å². The molecule has 0 fully saturated rings. The molecule has 3 rings (SSSR count). The van der Waals surface area contributed by atoms with E-state index in [1.54, 1.807) is 20.8 Å². The SMILES string of the molecule is CC(C)(C)OC(=O)N1CCOc2c(Cl)cc(N)nc21.O=[N+]([O-])c1cc(Cl)c(O)c([N+](=O)[O-])c1. The van der Waals surface area contributed by atoms with Crippen molar-refractivity contribution in [3.63, 3.8) is 0 Å². The molecule has 0 saturated heterocycles. The zero-order chi connectivity index (χ0) is 25.1. The highest BCUT2D eigenvalue weighted by molar-refractivity contribution is 6.33. The van der Waals surface area contributed by atoms with Crippen LogP contribution in [0.5, 0.6) is 11.5 Å². The number of hydrogen-bond donors (Lipinski definition) is 2. The maximum Gasteiger partial charge on any atom is 0.416 e. The molecule has 0 saturated carbocycles. The van der Waals surface area contributed by atoms with Crippen molar-refractivity contribution in [1.29, 1.82) is 0 Å². The molecule has 15 heteroatoms. The lowest BCUT2D eigenvalue weighted by molar-refractivity contribution is -0.394. The molecule has 2 heterocycles. The molecule has 33 heavy (non-hydrogen) atoms. The summed E-state index contributed by atoms with van der Waals surface area (Å²) in [5.41, 5.74) is 3.73. The van der Waals surface area contributed by atoms with Crippen LogP contribution in [0.25, 0.3) is 0 Å². The van der Waals surface area contributed by atoms with Gasteiger partial charge < -0.3 is 20.3 Å². The number of pyridine rings is 1. The Labute approximate surface area is 196 Å². The van der Waals surface area contributed by atoms with Crippen molar-refractivity contribution in [2.75, 3.05) is 23.8 Å². The van der Waals surface area contributed by atoms with Crippen LogP contribution in [0.2, 0.25) is 10.0 Å². The summed E-state index contributed by atoms with van der Waals surface area (Å²) in [5, 5.41) is 29.6. The van der Waals surface area contributed by atoms with Gasteiger partial charge in [0, 0.05) is 12.1 Å². The van der Waals surface area contributed by atoms with E-state index in [1.165, 1.54) is 11.0 Å². The van der Waals surface area contributed by atoms with E-state index in [4.69, 9.17) is 43.5 Å². The number of amides is 1. The van der Waals surface area contributed by atoms with Crippen molar-refractivity contribution in [1.82, 2.24) is 4.98 Å². The zero-order valence-corrected chi connectivity index (χ0v) is 19.1. The molecular formula is C18H19Cl2N5O8. The Morgan fingerprint density at radius 3 is 2.39 bits per heavy atom. The molecule has 178 valence electrons. The van der Waals surface area contributed by atoms with Gasteiger partial charge in [0.15, 0.2) is 11.6 Å². The number of aromatic nitrogens is 1. The van der Waals surface area contributed by atoms with Crippen LogP contribution in [0.15, 0.2) is 18.2 Å². The minimum absolute atomic E-state index is 0.225. The van der Waals surface area contributed by atoms with Gasteiger partial charge in [0.05, 0.1) is 32.5 Å². The lowest BCUT2D eigenvalue weighted by Gasteiger charge is -2.31. The summed E-state index contributed by atoms with van der Waals surface area (Å²) >= 11 is 11.4. The number of aromatic hydroxyl groups is 1. The summed E-state index contributed by atoms with van der Waals surface area (Å²) in [6.45, 7) is 6.07. The number of nitro benzene ring substituents is 2. The van der Waals surface area contributed by atoms with Crippen LogP contribution < -0.4 is 15.4 Å². The number of nitrogens with zero attached hydrogens (tertiary/aromatic N) is 4. The van der Waals surface area contributed by atoms with Crippen LogP contribution in [0.3, 0.4) is 0 Å². The monoisotopic (exact) mass is 503 g/mol. The van der Waals surface area contributed by atoms with Crippen molar-refractivity contribution < 1.29 is 29.2 Å². The summed E-state index contributed by atoms with van der Waals surface area (Å²) in [6, 6.07) is 2.96. The van der Waals surface area contributed by atoms with Crippen molar-refractivity contribution in [3.8, 4) is 11.5 Å². The quantitative estimate of drug-likeness (QED) is 0.441. The van der Waals surface area contributed by atoms with Gasteiger partial charge in [0.2, 0.25) is 5.75 Å². The van der Waals surface area contributed by atoms with E-state index < -0.39 is 43.7 Å². The molecule has 0 radical (unpaired) electrons. The minimum Gasteiger partial charge on any atom is -0.501 e. The van der Waals surface area contributed by atoms with Crippen LogP contribution in [0.1, 0.15) is 20.8 Å². The first-order chi connectivity index (χ1) is 15.2. The van der Waals surface area contributed by atoms with E-state index in [2.05, 4.69) is 4.98 Å². The predicted octanol–water partition coefficient (Wildman–Crippen LogP) is 4.31. The molecule has 0 bridgehead atoms. The van der Waals surface area contributed by atoms with Gasteiger partial charge in [-0.05, 0) is 20.8 Å². The van der Waals surface area contributed by atoms with Gasteiger partial charge in [-0.1, -0.05) is 23.2 Å². The molecule has 13 nitrogen and oxygen atoms in total. The summed E-state index contributed by atoms with van der Waals surface area (Å²) in [7, 11) is 0. The number of carbonyl (C=O) groups excluding carboxylic acids is 1. The summed E-state index contributed by atoms with van der Waals surface area (Å²) in [5.74, 6) is 0.101. The number of carbonyl (C=O) groups is 1. The van der Waals surface area contributed by atoms with E-state index in [0.29, 0.717) is 35.8 Å². The summed E-state index contributed by atoms with van der Waals surface area (Å²) in [6.07, 6.45) is -0.494. The molecule has 0 aliphatic carbocycles. The average molecular weight is 504 g/mol. The number of non-ortho nitro benzene ring substituents is 1. The van der Waals surface area contributed by atoms with Gasteiger partial charge in [-0.25, -0.2) is 9.78 Å². The molecule has 0 spiro atoms. The Morgan fingerprint density at radius 1 is 1.21 bits per heavy atom. The number of benzene rings is 1. The van der Waals surface area contributed by atoms with Crippen LogP contribution in [-0.2, 0) is 4.74 Å². The topological polar surface area (TPSA) is 184 Å². The Bertz CT molecular complexity index is 1110. The second-order valence-electron chi connectivity index (χ2n) is 7.47. The number of phenols is 1. The van der Waals surface area contributed by atoms with Crippen molar-refractivity contribution >= 4 is 52.3 Å². The molecule has 0 atom stereocenters. The number of halogens is 2. The molecular weight excluding hydrogens is 485 g/mol. The Hall–Kier alpha value is -3.58. The number of ether oxygens (including phenoxy) is 2. The fourth-order valence-electron chi connectivity index (χ4n) is 2.48. The lowest BCUT2D eigenvalue weighted by Crippen LogP contribution is -2.42. The Kier molecular flexibility index (Phi) is 7.72. The van der Waals surface area contributed by atoms with E-state index in [0.717, 1.165) is 6.07 Å². The van der Waals surface area contributed by atoms with Crippen LogP contribution in [-0.4, -0.2) is 44.8 Å². The highest BCUT2D eigenvalue weighted by Crippen LogP contribution is 2.38. The highest BCUT2D eigenvalue weighted by atomic mass is 35.5. The summed E-state index contributed by atoms with van der Waals surface area (Å²) < 4.78 is 10.7. The lowest BCUT2D eigenvalue weighted by atomic mass is 10.2. The van der Waals surface area contributed by atoms with E-state index >= 15 is 0 Å². The smallest absolute Gasteiger partial charge is 0.416 e. The number of phenolic OH excluding ortho intramolecular Hbond substituents is 1. The second kappa shape index (κ2) is 9.92. The second-order valence-corrected chi connectivity index (χ2v) is 8.29. The highest BCUT2D eigenvalue weighted by Gasteiger charge is 2.31. The zero-order valence-electron chi connectivity index (χ0n) is 17.6. The van der Waals surface area contributed by atoms with Gasteiger partial charge in [-0.15, -0.1) is 0 Å². The Balaban J connectivity index is 0.000000245. The predicted molar refractivity (Wildman–Crippen MR) is 119 cm³/mol. The van der Waals surface area contributed by atoms with Crippen molar-refractivity contribution in [2.24, 2.45) is 0 Å². The molecule has 2 aromatic rings. The first-order valence-corrected chi connectivity index (χ1v) is 9.87. The standard InChI is InChI=1S/C12H16ClN3O3.C6H3ClN2O5/c1-12(2,3)19-11(17)16-4-5-18-9-7(13)6-8(14)15-10(9)16;7-4-1-3(8(11)12)2-5(6(4)10)9(13)14/h6H,4-5H2,1-3H3,(H2,14,15);1-2,10H. The number of hydrogen-bond acceptors (Lipinski definition) is 10. The van der Waals surface area contributed by atoms with Gasteiger partial charge >= 0.3 is 11.8 Å². The van der Waals surface area contributed by atoms with Gasteiger partial charge in [-0.3, -0.25) is 25.1 Å². The van der Waals surface area contributed by atoms with Crippen molar-refractivity contribution in [2.45, 2.75) is 26.4 Å². The van der Waals surface area contributed by atoms with Gasteiger partial charge in [0.25, 0.3) is 5.69 Å². The third-order valence-corrected chi connectivity index (χ3v) is 4.36. The minimum atomic E-state index is -0.950. The number of nitro groups is 2. The average Bonchev–Trinajstić information content (AvgIpc) is 2.68. The van der Waals surface area contributed by atoms with Crippen LogP contribution in [0, 0.1) is 20.2 Å². The van der Waals surface area contributed by atoms with E-state index in [9.17, 15) is 25.0 Å². The number of anilines is 2. The number of nitrogen functional groups attached to an aromatic ring is 1. The molecule has 1 amide bonds. The van der Waals surface area contributed by atoms with Crippen LogP contribution in [0.4, 0.5) is 27.8 Å². The molecule has 3 N–H and O–H groups in total. The summed E-state index contributed by atoms with van der Waals surface area (Å²) in [4.78, 5) is 36.4. The van der Waals surface area contributed by atoms with Gasteiger partial charge in [0.1, 0.15) is 18.0 Å². The first-order valence-electron chi connectivity index (χ1n) is 9.12. The molecule has 1 aromatic carbocycles. The third-order valence-electron chi connectivity index (χ3n) is 3.80. The number of rotatable bonds is 2. The molecule has 0 unspecified atom stereocenters. The normalized spacial score (nSPS) is 12.6.